The SMILES string of the molecule is NCCCC(=O)N1CCC(C(=O)NCc2ccc(F)cc2)CC1. The Labute approximate surface area is 136 Å². The Morgan fingerprint density at radius 3 is 2.48 bits per heavy atom. The minimum atomic E-state index is -0.285. The normalized spacial score (nSPS) is 15.5. The van der Waals surface area contributed by atoms with E-state index in [1.165, 1.54) is 12.1 Å². The van der Waals surface area contributed by atoms with Gasteiger partial charge in [-0.3, -0.25) is 9.59 Å². The van der Waals surface area contributed by atoms with E-state index in [4.69, 9.17) is 5.73 Å². The summed E-state index contributed by atoms with van der Waals surface area (Å²) in [6, 6.07) is 6.09. The molecule has 3 N–H and O–H groups in total. The van der Waals surface area contributed by atoms with Gasteiger partial charge in [0.05, 0.1) is 0 Å². The summed E-state index contributed by atoms with van der Waals surface area (Å²) in [5.41, 5.74) is 6.28. The van der Waals surface area contributed by atoms with E-state index in [9.17, 15) is 14.0 Å². The van der Waals surface area contributed by atoms with Gasteiger partial charge < -0.3 is 16.0 Å². The number of nitrogens with two attached hydrogens (primary N) is 1. The Morgan fingerprint density at radius 1 is 1.22 bits per heavy atom. The van der Waals surface area contributed by atoms with E-state index in [1.54, 1.807) is 12.1 Å². The van der Waals surface area contributed by atoms with E-state index in [1.807, 2.05) is 4.90 Å². The zero-order valence-corrected chi connectivity index (χ0v) is 13.3. The Balaban J connectivity index is 1.73. The molecule has 5 nitrogen and oxygen atoms in total. The lowest BCUT2D eigenvalue weighted by atomic mass is 9.95. The summed E-state index contributed by atoms with van der Waals surface area (Å²) in [4.78, 5) is 25.9. The van der Waals surface area contributed by atoms with Crippen molar-refractivity contribution in [2.45, 2.75) is 32.2 Å². The smallest absolute Gasteiger partial charge is 0.223 e. The highest BCUT2D eigenvalue weighted by molar-refractivity contribution is 5.80. The first-order chi connectivity index (χ1) is 11.1. The summed E-state index contributed by atoms with van der Waals surface area (Å²) >= 11 is 0. The Morgan fingerprint density at radius 2 is 1.87 bits per heavy atom. The number of carbonyl (C=O) groups excluding carboxylic acids is 2. The highest BCUT2D eigenvalue weighted by atomic mass is 19.1. The molecule has 2 amide bonds. The molecular formula is C17H24FN3O2. The van der Waals surface area contributed by atoms with Crippen LogP contribution in [-0.4, -0.2) is 36.3 Å². The van der Waals surface area contributed by atoms with Crippen molar-refractivity contribution >= 4 is 11.8 Å². The number of nitrogens with one attached hydrogen (secondary N) is 1. The molecule has 1 heterocycles. The van der Waals surface area contributed by atoms with Crippen molar-refractivity contribution in [3.05, 3.63) is 35.6 Å². The second-order valence-electron chi connectivity index (χ2n) is 5.89. The number of carbonyl (C=O) groups is 2. The van der Waals surface area contributed by atoms with E-state index in [0.717, 1.165) is 5.56 Å². The molecule has 0 spiro atoms. The number of halogens is 1. The van der Waals surface area contributed by atoms with Gasteiger partial charge in [0.2, 0.25) is 11.8 Å². The highest BCUT2D eigenvalue weighted by Crippen LogP contribution is 2.18. The Hall–Kier alpha value is -1.95. The zero-order chi connectivity index (χ0) is 16.7. The third kappa shape index (κ3) is 5.32. The van der Waals surface area contributed by atoms with Crippen molar-refractivity contribution < 1.29 is 14.0 Å². The third-order valence-corrected chi connectivity index (χ3v) is 4.19. The molecule has 0 radical (unpaired) electrons. The van der Waals surface area contributed by atoms with Gasteiger partial charge in [-0.1, -0.05) is 12.1 Å². The Kier molecular flexibility index (Phi) is 6.52. The number of amides is 2. The molecule has 0 unspecified atom stereocenters. The first-order valence-electron chi connectivity index (χ1n) is 8.10. The van der Waals surface area contributed by atoms with E-state index >= 15 is 0 Å². The predicted octanol–water partition coefficient (Wildman–Crippen LogP) is 1.42. The fourth-order valence-electron chi connectivity index (χ4n) is 2.74. The molecule has 0 aromatic heterocycles. The van der Waals surface area contributed by atoms with Crippen LogP contribution in [0.25, 0.3) is 0 Å². The average Bonchev–Trinajstić information content (AvgIpc) is 2.59. The molecule has 1 saturated heterocycles. The van der Waals surface area contributed by atoms with Crippen LogP contribution in [0.2, 0.25) is 0 Å². The van der Waals surface area contributed by atoms with Gasteiger partial charge in [0, 0.05) is 32.0 Å². The van der Waals surface area contributed by atoms with Crippen LogP contribution in [0, 0.1) is 11.7 Å². The fourth-order valence-corrected chi connectivity index (χ4v) is 2.74. The molecule has 0 saturated carbocycles. The van der Waals surface area contributed by atoms with Crippen LogP contribution in [0.1, 0.15) is 31.2 Å². The molecule has 6 heteroatoms. The maximum atomic E-state index is 12.8. The Bertz CT molecular complexity index is 525. The summed E-state index contributed by atoms with van der Waals surface area (Å²) in [6.45, 7) is 2.17. The van der Waals surface area contributed by atoms with Gasteiger partial charge >= 0.3 is 0 Å². The van der Waals surface area contributed by atoms with Gasteiger partial charge in [-0.05, 0) is 43.5 Å². The first kappa shape index (κ1) is 17.4. The number of piperidine rings is 1. The average molecular weight is 321 g/mol. The summed E-state index contributed by atoms with van der Waals surface area (Å²) in [5, 5.41) is 2.89. The van der Waals surface area contributed by atoms with Gasteiger partial charge in [0.25, 0.3) is 0 Å². The molecule has 0 atom stereocenters. The molecule has 126 valence electrons. The number of hydrogen-bond acceptors (Lipinski definition) is 3. The molecule has 1 aromatic carbocycles. The van der Waals surface area contributed by atoms with Crippen LogP contribution in [0.4, 0.5) is 4.39 Å². The molecule has 2 rings (SSSR count). The lowest BCUT2D eigenvalue weighted by molar-refractivity contribution is -0.135. The molecule has 1 aliphatic rings. The van der Waals surface area contributed by atoms with Gasteiger partial charge in [-0.15, -0.1) is 0 Å². The summed E-state index contributed by atoms with van der Waals surface area (Å²) in [5.74, 6) is -0.218. The maximum absolute atomic E-state index is 12.8. The van der Waals surface area contributed by atoms with Crippen LogP contribution >= 0.6 is 0 Å². The second kappa shape index (κ2) is 8.62. The zero-order valence-electron chi connectivity index (χ0n) is 13.3. The lowest BCUT2D eigenvalue weighted by Gasteiger charge is -2.31. The van der Waals surface area contributed by atoms with Gasteiger partial charge in [-0.25, -0.2) is 4.39 Å². The minimum absolute atomic E-state index is 0.00313. The van der Waals surface area contributed by atoms with Crippen LogP contribution in [0.3, 0.4) is 0 Å². The van der Waals surface area contributed by atoms with Crippen molar-refractivity contribution in [1.82, 2.24) is 10.2 Å². The van der Waals surface area contributed by atoms with E-state index < -0.39 is 0 Å². The molecule has 1 aliphatic heterocycles. The third-order valence-electron chi connectivity index (χ3n) is 4.19. The minimum Gasteiger partial charge on any atom is -0.352 e. The summed E-state index contributed by atoms with van der Waals surface area (Å²) in [7, 11) is 0. The van der Waals surface area contributed by atoms with Crippen LogP contribution in [0.15, 0.2) is 24.3 Å². The van der Waals surface area contributed by atoms with E-state index in [2.05, 4.69) is 5.32 Å². The number of likely N-dealkylation sites (tertiary alicyclic amines) is 1. The lowest BCUT2D eigenvalue weighted by Crippen LogP contribution is -2.43. The number of rotatable bonds is 6. The van der Waals surface area contributed by atoms with Crippen LogP contribution in [-0.2, 0) is 16.1 Å². The van der Waals surface area contributed by atoms with Crippen LogP contribution < -0.4 is 11.1 Å². The maximum Gasteiger partial charge on any atom is 0.223 e. The van der Waals surface area contributed by atoms with E-state index in [0.29, 0.717) is 51.9 Å². The molecule has 1 aromatic rings. The van der Waals surface area contributed by atoms with Crippen molar-refractivity contribution in [2.75, 3.05) is 19.6 Å². The predicted molar refractivity (Wildman–Crippen MR) is 85.8 cm³/mol. The number of benzene rings is 1. The monoisotopic (exact) mass is 321 g/mol. The standard InChI is InChI=1S/C17H24FN3O2/c18-15-5-3-13(4-6-15)12-20-17(23)14-7-10-21(11-8-14)16(22)2-1-9-19/h3-6,14H,1-2,7-12,19H2,(H,20,23). The first-order valence-corrected chi connectivity index (χ1v) is 8.10. The highest BCUT2D eigenvalue weighted by Gasteiger charge is 2.26. The number of hydrogen-bond donors (Lipinski definition) is 2. The van der Waals surface area contributed by atoms with Gasteiger partial charge in [0.15, 0.2) is 0 Å². The van der Waals surface area contributed by atoms with Crippen molar-refractivity contribution in [1.29, 1.82) is 0 Å². The van der Waals surface area contributed by atoms with Gasteiger partial charge in [-0.2, -0.15) is 0 Å². The largest absolute Gasteiger partial charge is 0.352 e. The van der Waals surface area contributed by atoms with Gasteiger partial charge in [0.1, 0.15) is 5.82 Å². The topological polar surface area (TPSA) is 75.4 Å². The summed E-state index contributed by atoms with van der Waals surface area (Å²) in [6.07, 6.45) is 2.56. The quantitative estimate of drug-likeness (QED) is 0.832. The molecular weight excluding hydrogens is 297 g/mol. The second-order valence-corrected chi connectivity index (χ2v) is 5.89. The molecule has 0 aliphatic carbocycles. The molecule has 1 fully saturated rings. The molecule has 23 heavy (non-hydrogen) atoms. The van der Waals surface area contributed by atoms with Crippen molar-refractivity contribution in [3.8, 4) is 0 Å². The van der Waals surface area contributed by atoms with E-state index in [-0.39, 0.29) is 23.5 Å². The fraction of sp³-hybridized carbons (Fsp3) is 0.529. The summed E-state index contributed by atoms with van der Waals surface area (Å²) < 4.78 is 12.8. The van der Waals surface area contributed by atoms with Crippen molar-refractivity contribution in [2.24, 2.45) is 11.7 Å². The van der Waals surface area contributed by atoms with Crippen LogP contribution in [0.5, 0.6) is 0 Å². The number of nitrogens with zero attached hydrogens (tertiary/aromatic N) is 1. The molecule has 0 bridgehead atoms. The van der Waals surface area contributed by atoms with Crippen molar-refractivity contribution in [3.63, 3.8) is 0 Å².